The van der Waals surface area contributed by atoms with Gasteiger partial charge in [-0.05, 0) is 31.0 Å². The van der Waals surface area contributed by atoms with Crippen LogP contribution in [0.1, 0.15) is 25.7 Å². The van der Waals surface area contributed by atoms with Crippen LogP contribution in [0.5, 0.6) is 0 Å². The number of thioether (sulfide) groups is 1. The second-order valence-corrected chi connectivity index (χ2v) is 6.19. The van der Waals surface area contributed by atoms with E-state index in [-0.39, 0.29) is 6.10 Å². The molecule has 1 aliphatic carbocycles. The molecule has 0 bridgehead atoms. The van der Waals surface area contributed by atoms with E-state index in [2.05, 4.69) is 28.1 Å². The molecule has 2 rings (SSSR count). The maximum atomic E-state index is 9.87. The molecule has 1 saturated carbocycles. The molecule has 0 heterocycles. The van der Waals surface area contributed by atoms with Gasteiger partial charge in [0.1, 0.15) is 0 Å². The van der Waals surface area contributed by atoms with E-state index in [1.54, 1.807) is 11.8 Å². The van der Waals surface area contributed by atoms with Crippen LogP contribution in [0.4, 0.5) is 0 Å². The zero-order valence-corrected chi connectivity index (χ0v) is 10.9. The van der Waals surface area contributed by atoms with Crippen LogP contribution in [-0.4, -0.2) is 16.5 Å². The first-order valence-corrected chi connectivity index (χ1v) is 7.03. The molecule has 0 amide bonds. The number of halogens is 1. The first kappa shape index (κ1) is 11.5. The summed E-state index contributed by atoms with van der Waals surface area (Å²) >= 11 is 5.27. The van der Waals surface area contributed by atoms with Crippen LogP contribution in [0.25, 0.3) is 0 Å². The number of aliphatic hydroxyl groups excluding tert-OH is 1. The number of hydrogen-bond donors (Lipinski definition) is 1. The highest BCUT2D eigenvalue weighted by Gasteiger charge is 2.23. The van der Waals surface area contributed by atoms with Crippen molar-refractivity contribution in [3.8, 4) is 0 Å². The largest absolute Gasteiger partial charge is 0.392 e. The zero-order valence-electron chi connectivity index (χ0n) is 8.53. The lowest BCUT2D eigenvalue weighted by atomic mass is 9.97. The first-order valence-electron chi connectivity index (χ1n) is 5.36. The van der Waals surface area contributed by atoms with Crippen molar-refractivity contribution >= 4 is 27.7 Å². The maximum Gasteiger partial charge on any atom is 0.0662 e. The molecular formula is C12H15BrOS. The minimum Gasteiger partial charge on any atom is -0.392 e. The van der Waals surface area contributed by atoms with Crippen LogP contribution in [0, 0.1) is 0 Å². The summed E-state index contributed by atoms with van der Waals surface area (Å²) in [5, 5.41) is 10.2. The second kappa shape index (κ2) is 5.37. The molecule has 0 saturated heterocycles. The average Bonchev–Trinajstić information content (AvgIpc) is 2.22. The Kier molecular flexibility index (Phi) is 4.12. The number of aliphatic hydroxyl groups is 1. The molecular weight excluding hydrogens is 272 g/mol. The highest BCUT2D eigenvalue weighted by atomic mass is 79.9. The predicted octanol–water partition coefficient (Wildman–Crippen LogP) is 3.84. The average molecular weight is 287 g/mol. The highest BCUT2D eigenvalue weighted by Crippen LogP contribution is 2.34. The van der Waals surface area contributed by atoms with Crippen molar-refractivity contribution in [2.24, 2.45) is 0 Å². The molecule has 0 radical (unpaired) electrons. The lowest BCUT2D eigenvalue weighted by Crippen LogP contribution is -2.26. The normalized spacial score (nSPS) is 26.5. The summed E-state index contributed by atoms with van der Waals surface area (Å²) in [6.45, 7) is 0. The third kappa shape index (κ3) is 3.23. The third-order valence-corrected chi connectivity index (χ3v) is 4.62. The third-order valence-electron chi connectivity index (χ3n) is 2.75. The summed E-state index contributed by atoms with van der Waals surface area (Å²) in [7, 11) is 0. The molecule has 15 heavy (non-hydrogen) atoms. The lowest BCUT2D eigenvalue weighted by molar-refractivity contribution is 0.137. The molecule has 1 nitrogen and oxygen atoms in total. The van der Waals surface area contributed by atoms with E-state index in [0.29, 0.717) is 5.25 Å². The monoisotopic (exact) mass is 286 g/mol. The van der Waals surface area contributed by atoms with Gasteiger partial charge >= 0.3 is 0 Å². The van der Waals surface area contributed by atoms with Crippen molar-refractivity contribution in [1.82, 2.24) is 0 Å². The van der Waals surface area contributed by atoms with Crippen molar-refractivity contribution in [3.05, 3.63) is 28.7 Å². The number of rotatable bonds is 2. The van der Waals surface area contributed by atoms with Gasteiger partial charge in [0.15, 0.2) is 0 Å². The summed E-state index contributed by atoms with van der Waals surface area (Å²) in [6, 6.07) is 8.30. The van der Waals surface area contributed by atoms with E-state index in [1.165, 1.54) is 17.7 Å². The molecule has 82 valence electrons. The topological polar surface area (TPSA) is 20.2 Å². The summed E-state index contributed by atoms with van der Waals surface area (Å²) < 4.78 is 1.11. The Balaban J connectivity index is 2.01. The van der Waals surface area contributed by atoms with E-state index >= 15 is 0 Å². The molecule has 1 fully saturated rings. The molecule has 2 unspecified atom stereocenters. The van der Waals surface area contributed by atoms with Gasteiger partial charge in [-0.2, -0.15) is 0 Å². The van der Waals surface area contributed by atoms with Gasteiger partial charge in [-0.3, -0.25) is 0 Å². The van der Waals surface area contributed by atoms with E-state index in [9.17, 15) is 5.11 Å². The summed E-state index contributed by atoms with van der Waals surface area (Å²) in [6.07, 6.45) is 4.41. The summed E-state index contributed by atoms with van der Waals surface area (Å²) in [5.74, 6) is 0. The van der Waals surface area contributed by atoms with Crippen molar-refractivity contribution in [2.45, 2.75) is 41.9 Å². The number of benzene rings is 1. The maximum absolute atomic E-state index is 9.87. The Bertz CT molecular complexity index is 329. The molecule has 1 aliphatic rings. The van der Waals surface area contributed by atoms with Gasteiger partial charge in [0.2, 0.25) is 0 Å². The van der Waals surface area contributed by atoms with Gasteiger partial charge in [0.05, 0.1) is 6.10 Å². The van der Waals surface area contributed by atoms with E-state index < -0.39 is 0 Å². The zero-order chi connectivity index (χ0) is 10.7. The summed E-state index contributed by atoms with van der Waals surface area (Å²) in [5.41, 5.74) is 0. The highest BCUT2D eigenvalue weighted by molar-refractivity contribution is 9.10. The van der Waals surface area contributed by atoms with Crippen molar-refractivity contribution in [2.75, 3.05) is 0 Å². The van der Waals surface area contributed by atoms with Crippen LogP contribution in [-0.2, 0) is 0 Å². The van der Waals surface area contributed by atoms with E-state index in [0.717, 1.165) is 17.3 Å². The Morgan fingerprint density at radius 1 is 1.27 bits per heavy atom. The van der Waals surface area contributed by atoms with Gasteiger partial charge in [0.25, 0.3) is 0 Å². The van der Waals surface area contributed by atoms with Gasteiger partial charge in [0, 0.05) is 14.6 Å². The Morgan fingerprint density at radius 2 is 2.07 bits per heavy atom. The van der Waals surface area contributed by atoms with Gasteiger partial charge < -0.3 is 5.11 Å². The molecule has 1 N–H and O–H groups in total. The van der Waals surface area contributed by atoms with Crippen LogP contribution in [0.3, 0.4) is 0 Å². The minimum atomic E-state index is -0.122. The van der Waals surface area contributed by atoms with Crippen molar-refractivity contribution in [1.29, 1.82) is 0 Å². The first-order chi connectivity index (χ1) is 7.25. The Hall–Kier alpha value is 0.01000. The van der Waals surface area contributed by atoms with Crippen molar-refractivity contribution < 1.29 is 5.11 Å². The SMILES string of the molecule is OC1CCCCC1Sc1cccc(Br)c1. The fourth-order valence-electron chi connectivity index (χ4n) is 1.93. The predicted molar refractivity (Wildman–Crippen MR) is 68.3 cm³/mol. The molecule has 2 atom stereocenters. The molecule has 1 aromatic rings. The van der Waals surface area contributed by atoms with Gasteiger partial charge in [-0.15, -0.1) is 11.8 Å². The van der Waals surface area contributed by atoms with Crippen LogP contribution >= 0.6 is 27.7 Å². The van der Waals surface area contributed by atoms with E-state index in [4.69, 9.17) is 0 Å². The van der Waals surface area contributed by atoms with E-state index in [1.807, 2.05) is 12.1 Å². The minimum absolute atomic E-state index is 0.122. The Morgan fingerprint density at radius 3 is 2.80 bits per heavy atom. The van der Waals surface area contributed by atoms with Crippen LogP contribution < -0.4 is 0 Å². The number of hydrogen-bond acceptors (Lipinski definition) is 2. The fraction of sp³-hybridized carbons (Fsp3) is 0.500. The molecule has 0 aromatic heterocycles. The molecule has 1 aromatic carbocycles. The molecule has 3 heteroatoms. The van der Waals surface area contributed by atoms with Gasteiger partial charge in [-0.25, -0.2) is 0 Å². The standard InChI is InChI=1S/C12H15BrOS/c13-9-4-3-5-10(8-9)15-12-7-2-1-6-11(12)14/h3-5,8,11-12,14H,1-2,6-7H2. The van der Waals surface area contributed by atoms with Gasteiger partial charge in [-0.1, -0.05) is 34.8 Å². The second-order valence-electron chi connectivity index (χ2n) is 3.97. The molecule has 0 spiro atoms. The Labute approximate surface area is 103 Å². The van der Waals surface area contributed by atoms with Crippen LogP contribution in [0.15, 0.2) is 33.6 Å². The van der Waals surface area contributed by atoms with Crippen LogP contribution in [0.2, 0.25) is 0 Å². The summed E-state index contributed by atoms with van der Waals surface area (Å²) in [4.78, 5) is 1.25. The lowest BCUT2D eigenvalue weighted by Gasteiger charge is -2.26. The fourth-order valence-corrected chi connectivity index (χ4v) is 3.76. The van der Waals surface area contributed by atoms with Crippen molar-refractivity contribution in [3.63, 3.8) is 0 Å². The molecule has 0 aliphatic heterocycles. The quantitative estimate of drug-likeness (QED) is 0.891. The smallest absolute Gasteiger partial charge is 0.0662 e.